The molecule has 0 aliphatic carbocycles. The Labute approximate surface area is 174 Å². The van der Waals surface area contributed by atoms with Gasteiger partial charge in [0, 0.05) is 18.3 Å². The number of amides is 1. The first-order chi connectivity index (χ1) is 14.6. The monoisotopic (exact) mass is 399 g/mol. The van der Waals surface area contributed by atoms with E-state index in [4.69, 9.17) is 9.47 Å². The van der Waals surface area contributed by atoms with E-state index < -0.39 is 0 Å². The lowest BCUT2D eigenvalue weighted by Gasteiger charge is -2.08. The number of anilines is 1. The van der Waals surface area contributed by atoms with Gasteiger partial charge in [0.25, 0.3) is 5.91 Å². The van der Waals surface area contributed by atoms with Crippen LogP contribution >= 0.6 is 0 Å². The van der Waals surface area contributed by atoms with Crippen molar-refractivity contribution in [3.05, 3.63) is 90.6 Å². The summed E-state index contributed by atoms with van der Waals surface area (Å²) in [6.07, 6.45) is 0. The summed E-state index contributed by atoms with van der Waals surface area (Å²) in [5, 5.41) is 7.36. The molecule has 6 heteroatoms. The number of ether oxygens (including phenoxy) is 2. The minimum Gasteiger partial charge on any atom is -0.497 e. The van der Waals surface area contributed by atoms with Gasteiger partial charge in [-0.2, -0.15) is 5.10 Å². The van der Waals surface area contributed by atoms with Crippen LogP contribution in [-0.2, 0) is 7.05 Å². The normalized spacial score (nSPS) is 10.5. The first kappa shape index (κ1) is 19.3. The summed E-state index contributed by atoms with van der Waals surface area (Å²) in [4.78, 5) is 12.8. The number of hydrogen-bond acceptors (Lipinski definition) is 4. The molecule has 0 unspecified atom stereocenters. The SMILES string of the molecule is COc1cccc(-c2cc(C(=O)Nc3ccc(Oc4ccccc4)cc3)n(C)n2)c1. The minimum atomic E-state index is -0.240. The van der Waals surface area contributed by atoms with Crippen LogP contribution in [0.15, 0.2) is 84.9 Å². The number of nitrogens with one attached hydrogen (secondary N) is 1. The van der Waals surface area contributed by atoms with Crippen LogP contribution in [0.3, 0.4) is 0 Å². The molecule has 0 fully saturated rings. The summed E-state index contributed by atoms with van der Waals surface area (Å²) in [6, 6.07) is 26.1. The van der Waals surface area contributed by atoms with Crippen LogP contribution in [0, 0.1) is 0 Å². The summed E-state index contributed by atoms with van der Waals surface area (Å²) in [5.41, 5.74) is 2.71. The average molecular weight is 399 g/mol. The molecule has 0 saturated heterocycles. The predicted octanol–water partition coefficient (Wildman–Crippen LogP) is 5.14. The highest BCUT2D eigenvalue weighted by atomic mass is 16.5. The molecule has 6 nitrogen and oxygen atoms in total. The molecular formula is C24H21N3O3. The van der Waals surface area contributed by atoms with Crippen molar-refractivity contribution in [3.8, 4) is 28.5 Å². The zero-order valence-corrected chi connectivity index (χ0v) is 16.7. The van der Waals surface area contributed by atoms with Crippen molar-refractivity contribution in [2.24, 2.45) is 7.05 Å². The standard InChI is InChI=1S/C24H21N3O3/c1-27-23(16-22(26-27)17-7-6-10-21(15-17)29-2)24(28)25-18-11-13-20(14-12-18)30-19-8-4-3-5-9-19/h3-16H,1-2H3,(H,25,28). The number of carbonyl (C=O) groups is 1. The third kappa shape index (κ3) is 4.33. The molecule has 0 radical (unpaired) electrons. The van der Waals surface area contributed by atoms with Gasteiger partial charge in [0.1, 0.15) is 22.9 Å². The van der Waals surface area contributed by atoms with Gasteiger partial charge in [-0.25, -0.2) is 0 Å². The molecule has 30 heavy (non-hydrogen) atoms. The van der Waals surface area contributed by atoms with Crippen LogP contribution in [0.25, 0.3) is 11.3 Å². The van der Waals surface area contributed by atoms with Gasteiger partial charge in [-0.15, -0.1) is 0 Å². The predicted molar refractivity (Wildman–Crippen MR) is 116 cm³/mol. The smallest absolute Gasteiger partial charge is 0.273 e. The number of hydrogen-bond donors (Lipinski definition) is 1. The van der Waals surface area contributed by atoms with Gasteiger partial charge in [0.05, 0.1) is 12.8 Å². The van der Waals surface area contributed by atoms with Crippen LogP contribution in [0.2, 0.25) is 0 Å². The number of benzene rings is 3. The van der Waals surface area contributed by atoms with Crippen molar-refractivity contribution in [2.45, 2.75) is 0 Å². The Balaban J connectivity index is 1.47. The largest absolute Gasteiger partial charge is 0.497 e. The van der Waals surface area contributed by atoms with Crippen molar-refractivity contribution in [2.75, 3.05) is 12.4 Å². The number of methoxy groups -OCH3 is 1. The summed E-state index contributed by atoms with van der Waals surface area (Å²) in [6.45, 7) is 0. The molecule has 150 valence electrons. The fourth-order valence-corrected chi connectivity index (χ4v) is 3.03. The summed E-state index contributed by atoms with van der Waals surface area (Å²) >= 11 is 0. The maximum absolute atomic E-state index is 12.8. The van der Waals surface area contributed by atoms with E-state index in [0.29, 0.717) is 22.8 Å². The van der Waals surface area contributed by atoms with E-state index in [1.54, 1.807) is 37.0 Å². The second-order valence-corrected chi connectivity index (χ2v) is 6.66. The fourth-order valence-electron chi connectivity index (χ4n) is 3.03. The van der Waals surface area contributed by atoms with Gasteiger partial charge in [0.2, 0.25) is 0 Å². The van der Waals surface area contributed by atoms with E-state index in [2.05, 4.69) is 10.4 Å². The van der Waals surface area contributed by atoms with E-state index in [1.165, 1.54) is 0 Å². The second-order valence-electron chi connectivity index (χ2n) is 6.66. The Bertz CT molecular complexity index is 1150. The lowest BCUT2D eigenvalue weighted by molar-refractivity contribution is 0.101. The van der Waals surface area contributed by atoms with Gasteiger partial charge in [-0.1, -0.05) is 30.3 Å². The average Bonchev–Trinajstić information content (AvgIpc) is 3.18. The van der Waals surface area contributed by atoms with Crippen LogP contribution in [0.5, 0.6) is 17.2 Å². The number of rotatable bonds is 6. The molecule has 1 amide bonds. The molecule has 0 bridgehead atoms. The van der Waals surface area contributed by atoms with E-state index in [1.807, 2.05) is 66.7 Å². The van der Waals surface area contributed by atoms with Gasteiger partial charge in [-0.05, 0) is 54.6 Å². The molecular weight excluding hydrogens is 378 g/mol. The molecule has 4 rings (SSSR count). The first-order valence-electron chi connectivity index (χ1n) is 9.45. The highest BCUT2D eigenvalue weighted by molar-refractivity contribution is 6.03. The zero-order valence-electron chi connectivity index (χ0n) is 16.7. The summed E-state index contributed by atoms with van der Waals surface area (Å²) in [5.74, 6) is 1.95. The molecule has 4 aromatic rings. The van der Waals surface area contributed by atoms with E-state index in [-0.39, 0.29) is 5.91 Å². The Hall–Kier alpha value is -4.06. The Morgan fingerprint density at radius 2 is 1.57 bits per heavy atom. The van der Waals surface area contributed by atoms with Gasteiger partial charge in [0.15, 0.2) is 0 Å². The molecule has 1 N–H and O–H groups in total. The Morgan fingerprint density at radius 3 is 2.30 bits per heavy atom. The lowest BCUT2D eigenvalue weighted by atomic mass is 10.1. The molecule has 0 spiro atoms. The molecule has 3 aromatic carbocycles. The first-order valence-corrected chi connectivity index (χ1v) is 9.45. The highest BCUT2D eigenvalue weighted by Crippen LogP contribution is 2.25. The van der Waals surface area contributed by atoms with Crippen molar-refractivity contribution >= 4 is 11.6 Å². The van der Waals surface area contributed by atoms with Crippen LogP contribution in [0.1, 0.15) is 10.5 Å². The number of aromatic nitrogens is 2. The Kier molecular flexibility index (Phi) is 5.48. The third-order valence-electron chi connectivity index (χ3n) is 4.57. The van der Waals surface area contributed by atoms with Gasteiger partial charge in [-0.3, -0.25) is 9.48 Å². The quantitative estimate of drug-likeness (QED) is 0.488. The molecule has 0 aliphatic heterocycles. The maximum Gasteiger partial charge on any atom is 0.273 e. The molecule has 0 atom stereocenters. The summed E-state index contributed by atoms with van der Waals surface area (Å²) < 4.78 is 12.6. The summed E-state index contributed by atoms with van der Waals surface area (Å²) in [7, 11) is 3.36. The lowest BCUT2D eigenvalue weighted by Crippen LogP contribution is -2.15. The van der Waals surface area contributed by atoms with E-state index in [0.717, 1.165) is 17.1 Å². The van der Waals surface area contributed by atoms with E-state index >= 15 is 0 Å². The van der Waals surface area contributed by atoms with Crippen LogP contribution < -0.4 is 14.8 Å². The van der Waals surface area contributed by atoms with Crippen molar-refractivity contribution in [3.63, 3.8) is 0 Å². The maximum atomic E-state index is 12.8. The highest BCUT2D eigenvalue weighted by Gasteiger charge is 2.15. The number of carbonyl (C=O) groups excluding carboxylic acids is 1. The van der Waals surface area contributed by atoms with Crippen LogP contribution in [-0.4, -0.2) is 22.8 Å². The topological polar surface area (TPSA) is 65.4 Å². The van der Waals surface area contributed by atoms with Crippen molar-refractivity contribution in [1.29, 1.82) is 0 Å². The number of para-hydroxylation sites is 1. The number of nitrogens with zero attached hydrogens (tertiary/aromatic N) is 2. The fraction of sp³-hybridized carbons (Fsp3) is 0.0833. The molecule has 0 aliphatic rings. The molecule has 0 saturated carbocycles. The van der Waals surface area contributed by atoms with Gasteiger partial charge < -0.3 is 14.8 Å². The minimum absolute atomic E-state index is 0.240. The van der Waals surface area contributed by atoms with Crippen molar-refractivity contribution in [1.82, 2.24) is 9.78 Å². The molecule has 1 aromatic heterocycles. The van der Waals surface area contributed by atoms with Gasteiger partial charge >= 0.3 is 0 Å². The Morgan fingerprint density at radius 1 is 0.867 bits per heavy atom. The van der Waals surface area contributed by atoms with Crippen molar-refractivity contribution < 1.29 is 14.3 Å². The molecule has 1 heterocycles. The second kappa shape index (κ2) is 8.53. The van der Waals surface area contributed by atoms with Crippen LogP contribution in [0.4, 0.5) is 5.69 Å². The zero-order chi connectivity index (χ0) is 20.9. The van der Waals surface area contributed by atoms with E-state index in [9.17, 15) is 4.79 Å². The third-order valence-corrected chi connectivity index (χ3v) is 4.57. The number of aryl methyl sites for hydroxylation is 1.